The highest BCUT2D eigenvalue weighted by atomic mass is 18.2. The average molecular weight is 242 g/mol. The summed E-state index contributed by atoms with van der Waals surface area (Å²) in [6.45, 7) is -0.291. The Hall–Kier alpha value is -0.640. The van der Waals surface area contributed by atoms with E-state index in [1.807, 2.05) is 7.05 Å². The smallest absolute Gasteiger partial charge is 0.326 e. The molecular weight excluding hydrogens is 220 g/mol. The van der Waals surface area contributed by atoms with Crippen molar-refractivity contribution in [2.24, 2.45) is 5.92 Å². The molecule has 0 aromatic heterocycles. The van der Waals surface area contributed by atoms with Gasteiger partial charge in [0.2, 0.25) is 0 Å². The Balaban J connectivity index is 2.22. The summed E-state index contributed by atoms with van der Waals surface area (Å²) in [6, 6.07) is 0.510. The number of halogens is 1. The van der Waals surface area contributed by atoms with Gasteiger partial charge in [0, 0.05) is 6.04 Å². The third kappa shape index (κ3) is 1.86. The van der Waals surface area contributed by atoms with Crippen molar-refractivity contribution in [3.8, 4) is 0 Å². The molecule has 98 valence electrons. The van der Waals surface area contributed by atoms with E-state index < -0.39 is 5.54 Å². The summed E-state index contributed by atoms with van der Waals surface area (Å²) in [5.41, 5.74) is -0.465. The van der Waals surface area contributed by atoms with Gasteiger partial charge < -0.3 is 4.74 Å². The van der Waals surface area contributed by atoms with Crippen LogP contribution in [-0.4, -0.2) is 43.3 Å². The Labute approximate surface area is 102 Å². The molecule has 0 spiro atoms. The van der Waals surface area contributed by atoms with Gasteiger partial charge in [0.15, 0.2) is 0 Å². The minimum Gasteiger partial charge on any atom is -0.468 e. The highest BCUT2D eigenvalue weighted by Gasteiger charge is 2.57. The second-order valence-corrected chi connectivity index (χ2v) is 5.32. The van der Waals surface area contributed by atoms with E-state index in [2.05, 4.69) is 4.90 Å². The van der Waals surface area contributed by atoms with Crippen molar-refractivity contribution in [2.75, 3.05) is 20.8 Å². The van der Waals surface area contributed by atoms with E-state index in [-0.39, 0.29) is 18.6 Å². The molecule has 0 amide bonds. The van der Waals surface area contributed by atoms with E-state index in [1.54, 1.807) is 0 Å². The van der Waals surface area contributed by atoms with Crippen molar-refractivity contribution in [1.82, 2.24) is 4.90 Å². The van der Waals surface area contributed by atoms with Crippen LogP contribution in [0, 0.1) is 5.92 Å². The number of hydrogen-bond acceptors (Lipinski definition) is 3. The zero-order valence-electron chi connectivity index (χ0n) is 10.7. The second-order valence-electron chi connectivity index (χ2n) is 5.32. The van der Waals surface area contributed by atoms with E-state index in [1.165, 1.54) is 7.11 Å². The summed E-state index contributed by atoms with van der Waals surface area (Å²) in [7, 11) is 3.48. The quantitative estimate of drug-likeness (QED) is 0.707. The highest BCUT2D eigenvalue weighted by molar-refractivity contribution is 5.82. The first-order valence-electron chi connectivity index (χ1n) is 6.54. The number of alkyl halides is 1. The van der Waals surface area contributed by atoms with E-state index in [4.69, 9.17) is 4.74 Å². The molecule has 2 bridgehead atoms. The number of likely N-dealkylation sites (N-methyl/N-ethyl adjacent to an activating group) is 1. The minimum atomic E-state index is -0.465. The Morgan fingerprint density at radius 3 is 2.88 bits per heavy atom. The van der Waals surface area contributed by atoms with Gasteiger partial charge in [-0.05, 0) is 51.5 Å². The van der Waals surface area contributed by atoms with Crippen molar-refractivity contribution < 1.29 is 13.9 Å². The van der Waals surface area contributed by atoms with Crippen LogP contribution in [0.25, 0.3) is 0 Å². The van der Waals surface area contributed by atoms with Crippen molar-refractivity contribution in [3.05, 3.63) is 0 Å². The maximum atomic E-state index is 12.4. The molecular formula is C13H22FNO2. The zero-order chi connectivity index (χ0) is 12.5. The number of carbonyl (C=O) groups is 1. The normalized spacial score (nSPS) is 37.1. The lowest BCUT2D eigenvalue weighted by Crippen LogP contribution is -2.59. The Bertz CT molecular complexity index is 297. The van der Waals surface area contributed by atoms with Crippen LogP contribution in [-0.2, 0) is 9.53 Å². The molecule has 0 aromatic rings. The van der Waals surface area contributed by atoms with Gasteiger partial charge in [0.25, 0.3) is 0 Å². The highest BCUT2D eigenvalue weighted by Crippen LogP contribution is 2.48. The zero-order valence-corrected chi connectivity index (χ0v) is 10.7. The fraction of sp³-hybridized carbons (Fsp3) is 0.923. The van der Waals surface area contributed by atoms with Crippen LogP contribution in [0.15, 0.2) is 0 Å². The first kappa shape index (κ1) is 12.8. The fourth-order valence-electron chi connectivity index (χ4n) is 3.84. The number of nitrogens with zero attached hydrogens (tertiary/aromatic N) is 1. The molecule has 0 aliphatic carbocycles. The van der Waals surface area contributed by atoms with Gasteiger partial charge in [-0.1, -0.05) is 0 Å². The molecule has 2 rings (SSSR count). The maximum Gasteiger partial charge on any atom is 0.326 e. The minimum absolute atomic E-state index is 0.119. The lowest BCUT2D eigenvalue weighted by molar-refractivity contribution is -0.160. The molecule has 17 heavy (non-hydrogen) atoms. The van der Waals surface area contributed by atoms with E-state index in [0.717, 1.165) is 32.1 Å². The second kappa shape index (κ2) is 4.92. The largest absolute Gasteiger partial charge is 0.468 e. The summed E-state index contributed by atoms with van der Waals surface area (Å²) in [5, 5.41) is 0. The Morgan fingerprint density at radius 2 is 2.24 bits per heavy atom. The van der Waals surface area contributed by atoms with Gasteiger partial charge in [-0.2, -0.15) is 0 Å². The van der Waals surface area contributed by atoms with E-state index >= 15 is 0 Å². The number of piperidine rings is 1. The summed E-state index contributed by atoms with van der Waals surface area (Å²) in [4.78, 5) is 14.4. The molecule has 2 saturated heterocycles. The number of hydrogen-bond donors (Lipinski definition) is 0. The van der Waals surface area contributed by atoms with E-state index in [9.17, 15) is 9.18 Å². The van der Waals surface area contributed by atoms with Crippen molar-refractivity contribution in [2.45, 2.75) is 50.1 Å². The standard InChI is InChI=1S/C13H22FNO2/c1-15-11-6-5-10(4-3-9-14)13(15,8-7-11)12(16)17-2/h10-11H,3-9H2,1-2H3/t10?,11-,13-/m1/s1/i14-1. The molecule has 2 aliphatic rings. The van der Waals surface area contributed by atoms with Gasteiger partial charge in [0.1, 0.15) is 5.54 Å². The van der Waals surface area contributed by atoms with Gasteiger partial charge >= 0.3 is 5.97 Å². The summed E-state index contributed by atoms with van der Waals surface area (Å²) in [5.74, 6) is 0.139. The molecule has 2 aliphatic heterocycles. The van der Waals surface area contributed by atoms with Gasteiger partial charge in [-0.15, -0.1) is 0 Å². The predicted molar refractivity (Wildman–Crippen MR) is 63.5 cm³/mol. The van der Waals surface area contributed by atoms with Gasteiger partial charge in [0.05, 0.1) is 13.8 Å². The third-order valence-electron chi connectivity index (χ3n) is 4.78. The third-order valence-corrected chi connectivity index (χ3v) is 4.78. The van der Waals surface area contributed by atoms with Crippen LogP contribution in [0.5, 0.6) is 0 Å². The molecule has 2 fully saturated rings. The molecule has 0 aromatic carbocycles. The van der Waals surface area contributed by atoms with Crippen LogP contribution >= 0.6 is 0 Å². The molecule has 1 unspecified atom stereocenters. The van der Waals surface area contributed by atoms with Crippen molar-refractivity contribution >= 4 is 5.97 Å². The Kier molecular flexibility index (Phi) is 3.71. The first-order valence-corrected chi connectivity index (χ1v) is 6.54. The first-order chi connectivity index (χ1) is 8.16. The molecule has 3 atom stereocenters. The molecule has 3 nitrogen and oxygen atoms in total. The fourth-order valence-corrected chi connectivity index (χ4v) is 3.84. The molecule has 2 heterocycles. The molecule has 0 saturated carbocycles. The number of fused-ring (bicyclic) bond motifs is 2. The summed E-state index contributed by atoms with van der Waals surface area (Å²) in [6.07, 6.45) is 5.45. The van der Waals surface area contributed by atoms with Crippen LogP contribution in [0.3, 0.4) is 0 Å². The summed E-state index contributed by atoms with van der Waals surface area (Å²) >= 11 is 0. The van der Waals surface area contributed by atoms with E-state index in [0.29, 0.717) is 12.5 Å². The topological polar surface area (TPSA) is 29.5 Å². The van der Waals surface area contributed by atoms with Gasteiger partial charge in [-0.3, -0.25) is 14.1 Å². The Morgan fingerprint density at radius 1 is 1.47 bits per heavy atom. The van der Waals surface area contributed by atoms with Gasteiger partial charge in [-0.25, -0.2) is 0 Å². The van der Waals surface area contributed by atoms with Crippen LogP contribution in [0.1, 0.15) is 38.5 Å². The lowest BCUT2D eigenvalue weighted by Gasteiger charge is -2.46. The van der Waals surface area contributed by atoms with Crippen LogP contribution in [0.2, 0.25) is 0 Å². The monoisotopic (exact) mass is 242 g/mol. The number of esters is 1. The predicted octanol–water partition coefficient (Wildman–Crippen LogP) is 2.15. The SMILES string of the molecule is COC(=O)[C@@]12CC[C@@H](CCC1CCC[18F])N2C. The van der Waals surface area contributed by atoms with Crippen molar-refractivity contribution in [1.29, 1.82) is 0 Å². The van der Waals surface area contributed by atoms with Crippen LogP contribution in [0.4, 0.5) is 4.39 Å². The maximum absolute atomic E-state index is 12.4. The van der Waals surface area contributed by atoms with Crippen LogP contribution < -0.4 is 0 Å². The molecule has 4 heteroatoms. The molecule has 0 radical (unpaired) electrons. The van der Waals surface area contributed by atoms with Crippen molar-refractivity contribution in [3.63, 3.8) is 0 Å². The number of methoxy groups -OCH3 is 1. The molecule has 0 N–H and O–H groups in total. The summed E-state index contributed by atoms with van der Waals surface area (Å²) < 4.78 is 17.4. The number of rotatable bonds is 4. The average Bonchev–Trinajstić information content (AvgIpc) is 2.57. The lowest BCUT2D eigenvalue weighted by atomic mass is 9.75. The number of carbonyl (C=O) groups excluding carboxylic acids is 1. The number of ether oxygens (including phenoxy) is 1.